The number of halogens is 3. The minimum Gasteiger partial charge on any atom is -0.356 e. The maximum Gasteiger partial charge on any atom is 0.416 e. The third kappa shape index (κ3) is 3.04. The third-order valence-corrected chi connectivity index (χ3v) is 7.56. The molecule has 2 fully saturated rings. The van der Waals surface area contributed by atoms with Crippen molar-refractivity contribution in [1.29, 1.82) is 0 Å². The predicted molar refractivity (Wildman–Crippen MR) is 117 cm³/mol. The summed E-state index contributed by atoms with van der Waals surface area (Å²) in [6, 6.07) is 11.2. The average Bonchev–Trinajstić information content (AvgIpc) is 3.30. The number of fused-ring (bicyclic) bond motifs is 6. The molecule has 4 atom stereocenters. The van der Waals surface area contributed by atoms with Crippen LogP contribution in [0, 0.1) is 5.92 Å². The Morgan fingerprint density at radius 1 is 1.12 bits per heavy atom. The summed E-state index contributed by atoms with van der Waals surface area (Å²) in [5.74, 6) is -0.0137. The Morgan fingerprint density at radius 2 is 1.88 bits per heavy atom. The zero-order valence-corrected chi connectivity index (χ0v) is 18.3. The monoisotopic (exact) mass is 455 g/mol. The number of nitrogens with zero attached hydrogens (tertiary/aromatic N) is 2. The SMILES string of the molecule is C[C@@H]1ON(C)[C@H]2C[C@H]3c4[nH]c5c(-c6ccc(C(F)(F)F)cc6)cccc5c4CCN3C(=O)[C@@H]12. The molecule has 4 heterocycles. The lowest BCUT2D eigenvalue weighted by Crippen LogP contribution is -2.54. The molecule has 2 saturated heterocycles. The van der Waals surface area contributed by atoms with Gasteiger partial charge in [-0.05, 0) is 43.0 Å². The van der Waals surface area contributed by atoms with Gasteiger partial charge in [-0.25, -0.2) is 0 Å². The Kier molecular flexibility index (Phi) is 4.45. The number of carbonyl (C=O) groups is 1. The molecule has 1 amide bonds. The number of hydroxylamine groups is 2. The van der Waals surface area contributed by atoms with Gasteiger partial charge in [0.15, 0.2) is 0 Å². The van der Waals surface area contributed by atoms with Crippen molar-refractivity contribution in [1.82, 2.24) is 14.9 Å². The van der Waals surface area contributed by atoms with E-state index in [1.807, 2.05) is 42.1 Å². The van der Waals surface area contributed by atoms with Crippen LogP contribution in [0.1, 0.15) is 36.2 Å². The first kappa shape index (κ1) is 20.7. The van der Waals surface area contributed by atoms with Gasteiger partial charge in [-0.2, -0.15) is 18.2 Å². The van der Waals surface area contributed by atoms with E-state index in [4.69, 9.17) is 4.84 Å². The molecule has 8 heteroatoms. The Labute approximate surface area is 189 Å². The van der Waals surface area contributed by atoms with Crippen molar-refractivity contribution in [2.75, 3.05) is 13.6 Å². The van der Waals surface area contributed by atoms with Gasteiger partial charge in [-0.1, -0.05) is 30.3 Å². The van der Waals surface area contributed by atoms with Crippen LogP contribution in [0.2, 0.25) is 0 Å². The summed E-state index contributed by atoms with van der Waals surface area (Å²) in [5.41, 5.74) is 4.06. The van der Waals surface area contributed by atoms with E-state index in [2.05, 4.69) is 4.98 Å². The van der Waals surface area contributed by atoms with Crippen molar-refractivity contribution in [3.05, 3.63) is 59.3 Å². The fourth-order valence-corrected chi connectivity index (χ4v) is 6.01. The standard InChI is InChI=1S/C25H24F3N3O2/c1-13-21-19(30(2)33-13)12-20-23-18(10-11-31(20)24(21)32)17-5-3-4-16(22(17)29-23)14-6-8-15(9-7-14)25(26,27)28/h3-9,13,19-21,29H,10-12H2,1-2H3/t13-,19-,20-,21-/m0/s1. The normalized spacial score (nSPS) is 27.5. The van der Waals surface area contributed by atoms with Gasteiger partial charge in [-0.3, -0.25) is 9.63 Å². The van der Waals surface area contributed by atoms with Crippen LogP contribution in [0.4, 0.5) is 13.2 Å². The van der Waals surface area contributed by atoms with Crippen molar-refractivity contribution in [3.8, 4) is 11.1 Å². The lowest BCUT2D eigenvalue weighted by molar-refractivity contribution is -0.146. The van der Waals surface area contributed by atoms with Gasteiger partial charge < -0.3 is 9.88 Å². The average molecular weight is 455 g/mol. The maximum atomic E-state index is 13.3. The molecule has 6 rings (SSSR count). The number of benzene rings is 2. The molecule has 3 aromatic rings. The molecular formula is C25H24F3N3O2. The molecule has 0 saturated carbocycles. The number of aromatic amines is 1. The van der Waals surface area contributed by atoms with Crippen LogP contribution in [-0.4, -0.2) is 46.6 Å². The van der Waals surface area contributed by atoms with Crippen molar-refractivity contribution in [3.63, 3.8) is 0 Å². The Morgan fingerprint density at radius 3 is 2.61 bits per heavy atom. The van der Waals surface area contributed by atoms with Crippen LogP contribution < -0.4 is 0 Å². The summed E-state index contributed by atoms with van der Waals surface area (Å²) in [4.78, 5) is 24.7. The Balaban J connectivity index is 1.43. The van der Waals surface area contributed by atoms with Gasteiger partial charge in [0.2, 0.25) is 5.91 Å². The highest BCUT2D eigenvalue weighted by molar-refractivity contribution is 5.97. The van der Waals surface area contributed by atoms with Gasteiger partial charge in [-0.15, -0.1) is 0 Å². The molecule has 3 aliphatic heterocycles. The third-order valence-electron chi connectivity index (χ3n) is 7.56. The van der Waals surface area contributed by atoms with Crippen molar-refractivity contribution < 1.29 is 22.8 Å². The van der Waals surface area contributed by atoms with Crippen LogP contribution in [0.15, 0.2) is 42.5 Å². The lowest BCUT2D eigenvalue weighted by Gasteiger charge is -2.44. The second kappa shape index (κ2) is 7.08. The minimum atomic E-state index is -4.36. The summed E-state index contributed by atoms with van der Waals surface area (Å²) in [6.45, 7) is 2.61. The Bertz CT molecular complexity index is 1250. The molecule has 0 radical (unpaired) electrons. The van der Waals surface area contributed by atoms with Crippen LogP contribution in [0.3, 0.4) is 0 Å². The number of hydrogen-bond acceptors (Lipinski definition) is 3. The molecule has 0 unspecified atom stereocenters. The number of alkyl halides is 3. The first-order chi connectivity index (χ1) is 15.7. The number of H-pyrrole nitrogens is 1. The zero-order chi connectivity index (χ0) is 23.1. The number of carbonyl (C=O) groups excluding carboxylic acids is 1. The molecule has 0 bridgehead atoms. The highest BCUT2D eigenvalue weighted by Crippen LogP contribution is 2.46. The molecule has 1 N–H and O–H groups in total. The first-order valence-corrected chi connectivity index (χ1v) is 11.2. The van der Waals surface area contributed by atoms with E-state index in [-0.39, 0.29) is 30.0 Å². The van der Waals surface area contributed by atoms with Crippen LogP contribution in [0.5, 0.6) is 0 Å². The maximum absolute atomic E-state index is 13.3. The van der Waals surface area contributed by atoms with Gasteiger partial charge >= 0.3 is 6.18 Å². The van der Waals surface area contributed by atoms with E-state index in [1.165, 1.54) is 17.7 Å². The summed E-state index contributed by atoms with van der Waals surface area (Å²) < 4.78 is 39.0. The molecule has 172 valence electrons. The Hall–Kier alpha value is -2.84. The van der Waals surface area contributed by atoms with Crippen LogP contribution in [0.25, 0.3) is 22.0 Å². The molecule has 2 aromatic carbocycles. The summed E-state index contributed by atoms with van der Waals surface area (Å²) in [5, 5.41) is 2.90. The largest absolute Gasteiger partial charge is 0.416 e. The van der Waals surface area contributed by atoms with Gasteiger partial charge in [0.05, 0.1) is 35.2 Å². The second-order valence-electron chi connectivity index (χ2n) is 9.30. The highest BCUT2D eigenvalue weighted by atomic mass is 19.4. The molecule has 5 nitrogen and oxygen atoms in total. The fourth-order valence-electron chi connectivity index (χ4n) is 6.01. The number of piperidine rings is 1. The summed E-state index contributed by atoms with van der Waals surface area (Å²) in [7, 11) is 1.89. The number of aromatic nitrogens is 1. The smallest absolute Gasteiger partial charge is 0.356 e. The van der Waals surface area contributed by atoms with E-state index in [0.29, 0.717) is 6.54 Å². The number of rotatable bonds is 1. The van der Waals surface area contributed by atoms with Gasteiger partial charge in [0.25, 0.3) is 0 Å². The van der Waals surface area contributed by atoms with E-state index in [9.17, 15) is 18.0 Å². The van der Waals surface area contributed by atoms with Crippen molar-refractivity contribution >= 4 is 16.8 Å². The number of hydrogen-bond donors (Lipinski definition) is 1. The molecule has 3 aliphatic rings. The molecule has 1 aromatic heterocycles. The topological polar surface area (TPSA) is 48.6 Å². The van der Waals surface area contributed by atoms with Crippen molar-refractivity contribution in [2.45, 2.75) is 44.1 Å². The second-order valence-corrected chi connectivity index (χ2v) is 9.30. The molecule has 0 aliphatic carbocycles. The quantitative estimate of drug-likeness (QED) is 0.566. The molecule has 0 spiro atoms. The van der Waals surface area contributed by atoms with E-state index in [1.54, 1.807) is 0 Å². The minimum absolute atomic E-state index is 0.0282. The molecular weight excluding hydrogens is 431 g/mol. The highest BCUT2D eigenvalue weighted by Gasteiger charge is 2.53. The first-order valence-electron chi connectivity index (χ1n) is 11.2. The van der Waals surface area contributed by atoms with Gasteiger partial charge in [0.1, 0.15) is 0 Å². The van der Waals surface area contributed by atoms with E-state index < -0.39 is 11.7 Å². The van der Waals surface area contributed by atoms with E-state index in [0.717, 1.165) is 52.7 Å². The number of amides is 1. The summed E-state index contributed by atoms with van der Waals surface area (Å²) >= 11 is 0. The van der Waals surface area contributed by atoms with Gasteiger partial charge in [0, 0.05) is 30.2 Å². The number of nitrogens with one attached hydrogen (secondary N) is 1. The lowest BCUT2D eigenvalue weighted by atomic mass is 9.80. The molecule has 33 heavy (non-hydrogen) atoms. The predicted octanol–water partition coefficient (Wildman–Crippen LogP) is 4.93. The number of para-hydroxylation sites is 1. The summed E-state index contributed by atoms with van der Waals surface area (Å²) in [6.07, 6.45) is -2.97. The van der Waals surface area contributed by atoms with Crippen LogP contribution >= 0.6 is 0 Å². The van der Waals surface area contributed by atoms with Crippen LogP contribution in [-0.2, 0) is 22.2 Å². The zero-order valence-electron chi connectivity index (χ0n) is 18.3. The van der Waals surface area contributed by atoms with E-state index >= 15 is 0 Å². The van der Waals surface area contributed by atoms with Crippen molar-refractivity contribution in [2.24, 2.45) is 5.92 Å². The fraction of sp³-hybridized carbons (Fsp3) is 0.400.